The van der Waals surface area contributed by atoms with Crippen LogP contribution in [-0.2, 0) is 6.54 Å². The zero-order valence-corrected chi connectivity index (χ0v) is 12.9. The predicted octanol–water partition coefficient (Wildman–Crippen LogP) is 3.53. The molecule has 2 nitrogen and oxygen atoms in total. The van der Waals surface area contributed by atoms with Gasteiger partial charge >= 0.3 is 0 Å². The molecule has 2 fully saturated rings. The van der Waals surface area contributed by atoms with E-state index in [-0.39, 0.29) is 0 Å². The van der Waals surface area contributed by atoms with E-state index in [0.717, 1.165) is 30.7 Å². The molecule has 1 aliphatic carbocycles. The van der Waals surface area contributed by atoms with Gasteiger partial charge in [0.2, 0.25) is 0 Å². The van der Waals surface area contributed by atoms with Gasteiger partial charge in [-0.1, -0.05) is 24.6 Å². The summed E-state index contributed by atoms with van der Waals surface area (Å²) >= 11 is 8.51. The molecule has 1 aliphatic heterocycles. The molecule has 1 heterocycles. The van der Waals surface area contributed by atoms with E-state index in [1.165, 1.54) is 29.8 Å². The number of thioether (sulfide) groups is 1. The first-order valence-electron chi connectivity index (χ1n) is 7.11. The van der Waals surface area contributed by atoms with Crippen LogP contribution >= 0.6 is 23.4 Å². The summed E-state index contributed by atoms with van der Waals surface area (Å²) in [6.07, 6.45) is 2.66. The van der Waals surface area contributed by atoms with Crippen molar-refractivity contribution in [3.8, 4) is 0 Å². The van der Waals surface area contributed by atoms with Crippen molar-refractivity contribution in [1.82, 2.24) is 5.32 Å². The average molecular weight is 297 g/mol. The van der Waals surface area contributed by atoms with Gasteiger partial charge in [0.05, 0.1) is 10.7 Å². The molecule has 1 saturated heterocycles. The van der Waals surface area contributed by atoms with Crippen LogP contribution in [0.2, 0.25) is 5.02 Å². The lowest BCUT2D eigenvalue weighted by Crippen LogP contribution is -2.36. The molecular formula is C15H21ClN2S. The summed E-state index contributed by atoms with van der Waals surface area (Å²) in [6, 6.07) is 7.27. The summed E-state index contributed by atoms with van der Waals surface area (Å²) in [6.45, 7) is 5.44. The highest BCUT2D eigenvalue weighted by Crippen LogP contribution is 2.31. The van der Waals surface area contributed by atoms with E-state index < -0.39 is 0 Å². The fourth-order valence-electron chi connectivity index (χ4n) is 2.50. The van der Waals surface area contributed by atoms with E-state index in [9.17, 15) is 0 Å². The highest BCUT2D eigenvalue weighted by Gasteiger charge is 2.21. The molecule has 1 N–H and O–H groups in total. The highest BCUT2D eigenvalue weighted by atomic mass is 35.5. The standard InChI is InChI=1S/C15H21ClN2S/c1-11-10-18(6-7-19-11)15-5-2-12(8-14(15)16)9-17-13-3-4-13/h2,5,8,11,13,17H,3-4,6-7,9-10H2,1H3. The van der Waals surface area contributed by atoms with Crippen molar-refractivity contribution >= 4 is 29.1 Å². The zero-order chi connectivity index (χ0) is 13.2. The molecule has 1 atom stereocenters. The normalized spacial score (nSPS) is 23.7. The van der Waals surface area contributed by atoms with Crippen LogP contribution in [0.4, 0.5) is 5.69 Å². The fourth-order valence-corrected chi connectivity index (χ4v) is 3.84. The highest BCUT2D eigenvalue weighted by molar-refractivity contribution is 8.00. The van der Waals surface area contributed by atoms with Gasteiger partial charge < -0.3 is 10.2 Å². The maximum absolute atomic E-state index is 6.47. The smallest absolute Gasteiger partial charge is 0.0642 e. The van der Waals surface area contributed by atoms with Crippen molar-refractivity contribution in [3.63, 3.8) is 0 Å². The SMILES string of the molecule is CC1CN(c2ccc(CNC3CC3)cc2Cl)CCS1. The summed E-state index contributed by atoms with van der Waals surface area (Å²) in [4.78, 5) is 2.42. The Hall–Kier alpha value is -0.380. The molecule has 19 heavy (non-hydrogen) atoms. The third-order valence-corrected chi connectivity index (χ3v) is 5.21. The third-order valence-electron chi connectivity index (χ3n) is 3.77. The van der Waals surface area contributed by atoms with E-state index >= 15 is 0 Å². The van der Waals surface area contributed by atoms with Gasteiger partial charge in [-0.25, -0.2) is 0 Å². The van der Waals surface area contributed by atoms with Crippen LogP contribution in [0.5, 0.6) is 0 Å². The van der Waals surface area contributed by atoms with Gasteiger partial charge in [0.25, 0.3) is 0 Å². The summed E-state index contributed by atoms with van der Waals surface area (Å²) in [5.41, 5.74) is 2.49. The molecule has 0 bridgehead atoms. The number of nitrogens with zero attached hydrogens (tertiary/aromatic N) is 1. The summed E-state index contributed by atoms with van der Waals surface area (Å²) in [5, 5.41) is 5.12. The first-order valence-corrected chi connectivity index (χ1v) is 8.53. The number of benzene rings is 1. The van der Waals surface area contributed by atoms with Crippen molar-refractivity contribution in [3.05, 3.63) is 28.8 Å². The maximum atomic E-state index is 6.47. The van der Waals surface area contributed by atoms with E-state index in [1.807, 2.05) is 11.8 Å². The second kappa shape index (κ2) is 5.94. The number of anilines is 1. The van der Waals surface area contributed by atoms with Crippen LogP contribution in [0.25, 0.3) is 0 Å². The molecule has 104 valence electrons. The lowest BCUT2D eigenvalue weighted by atomic mass is 10.2. The van der Waals surface area contributed by atoms with Crippen LogP contribution < -0.4 is 10.2 Å². The molecule has 0 amide bonds. The Kier molecular flexibility index (Phi) is 4.25. The Labute approximate surface area is 124 Å². The van der Waals surface area contributed by atoms with Crippen LogP contribution in [0.1, 0.15) is 25.3 Å². The number of halogens is 1. The molecule has 0 aromatic heterocycles. The number of hydrogen-bond donors (Lipinski definition) is 1. The maximum Gasteiger partial charge on any atom is 0.0642 e. The summed E-state index contributed by atoms with van der Waals surface area (Å²) in [7, 11) is 0. The van der Waals surface area contributed by atoms with E-state index in [1.54, 1.807) is 0 Å². The zero-order valence-electron chi connectivity index (χ0n) is 11.4. The molecule has 2 aliphatic rings. The van der Waals surface area contributed by atoms with E-state index in [2.05, 4.69) is 35.3 Å². The van der Waals surface area contributed by atoms with E-state index in [4.69, 9.17) is 11.6 Å². The Bertz CT molecular complexity index is 448. The first kappa shape index (κ1) is 13.6. The van der Waals surface area contributed by atoms with Crippen LogP contribution in [0, 0.1) is 0 Å². The molecule has 1 aromatic rings. The minimum Gasteiger partial charge on any atom is -0.368 e. The van der Waals surface area contributed by atoms with Gasteiger partial charge in [0, 0.05) is 36.7 Å². The summed E-state index contributed by atoms with van der Waals surface area (Å²) in [5.74, 6) is 1.20. The second-order valence-corrected chi connectivity index (χ2v) is 7.52. The topological polar surface area (TPSA) is 15.3 Å². The van der Waals surface area contributed by atoms with Crippen LogP contribution in [0.3, 0.4) is 0 Å². The molecule has 1 unspecified atom stereocenters. The number of nitrogens with one attached hydrogen (secondary N) is 1. The minimum atomic E-state index is 0.695. The quantitative estimate of drug-likeness (QED) is 0.915. The Morgan fingerprint density at radius 2 is 2.26 bits per heavy atom. The van der Waals surface area contributed by atoms with E-state index in [0.29, 0.717) is 5.25 Å². The number of rotatable bonds is 4. The van der Waals surface area contributed by atoms with Crippen molar-refractivity contribution in [2.45, 2.75) is 37.6 Å². The molecule has 0 radical (unpaired) electrons. The molecular weight excluding hydrogens is 276 g/mol. The number of hydrogen-bond acceptors (Lipinski definition) is 3. The summed E-state index contributed by atoms with van der Waals surface area (Å²) < 4.78 is 0. The molecule has 1 saturated carbocycles. The second-order valence-electron chi connectivity index (χ2n) is 5.57. The van der Waals surface area contributed by atoms with Crippen LogP contribution in [-0.4, -0.2) is 30.1 Å². The predicted molar refractivity (Wildman–Crippen MR) is 85.4 cm³/mol. The third kappa shape index (κ3) is 3.59. The van der Waals surface area contributed by atoms with Gasteiger partial charge in [-0.3, -0.25) is 0 Å². The first-order chi connectivity index (χ1) is 9.22. The fraction of sp³-hybridized carbons (Fsp3) is 0.600. The average Bonchev–Trinajstić information content (AvgIpc) is 3.20. The monoisotopic (exact) mass is 296 g/mol. The van der Waals surface area contributed by atoms with Gasteiger partial charge in [-0.2, -0.15) is 11.8 Å². The largest absolute Gasteiger partial charge is 0.368 e. The van der Waals surface area contributed by atoms with Gasteiger partial charge in [-0.15, -0.1) is 0 Å². The Morgan fingerprint density at radius 3 is 2.95 bits per heavy atom. The minimum absolute atomic E-state index is 0.695. The molecule has 1 aromatic carbocycles. The van der Waals surface area contributed by atoms with Gasteiger partial charge in [-0.05, 0) is 30.5 Å². The van der Waals surface area contributed by atoms with Gasteiger partial charge in [0.15, 0.2) is 0 Å². The molecule has 0 spiro atoms. The van der Waals surface area contributed by atoms with Gasteiger partial charge in [0.1, 0.15) is 0 Å². The van der Waals surface area contributed by atoms with Crippen molar-refractivity contribution in [2.24, 2.45) is 0 Å². The van der Waals surface area contributed by atoms with Crippen molar-refractivity contribution < 1.29 is 0 Å². The Morgan fingerprint density at radius 1 is 1.42 bits per heavy atom. The lowest BCUT2D eigenvalue weighted by Gasteiger charge is -2.33. The van der Waals surface area contributed by atoms with Crippen molar-refractivity contribution in [2.75, 3.05) is 23.7 Å². The molecule has 3 rings (SSSR count). The molecule has 4 heteroatoms. The Balaban J connectivity index is 1.67. The van der Waals surface area contributed by atoms with Crippen LogP contribution in [0.15, 0.2) is 18.2 Å². The lowest BCUT2D eigenvalue weighted by molar-refractivity contribution is 0.687. The van der Waals surface area contributed by atoms with Crippen molar-refractivity contribution in [1.29, 1.82) is 0 Å².